The Morgan fingerprint density at radius 2 is 1.80 bits per heavy atom. The first kappa shape index (κ1) is 16.9. The highest BCUT2D eigenvalue weighted by Crippen LogP contribution is 2.11. The SMILES string of the molecule is CCN(CC)CCCN(CC)c1ncc(CN)c(C)n1. The summed E-state index contributed by atoms with van der Waals surface area (Å²) in [4.78, 5) is 13.7. The van der Waals surface area contributed by atoms with E-state index in [1.807, 2.05) is 13.1 Å². The molecule has 0 unspecified atom stereocenters. The lowest BCUT2D eigenvalue weighted by molar-refractivity contribution is 0.300. The first-order valence-electron chi connectivity index (χ1n) is 7.66. The van der Waals surface area contributed by atoms with Crippen LogP contribution in [-0.2, 0) is 6.54 Å². The van der Waals surface area contributed by atoms with E-state index in [4.69, 9.17) is 5.73 Å². The molecule has 0 aliphatic carbocycles. The van der Waals surface area contributed by atoms with Crippen LogP contribution in [0.3, 0.4) is 0 Å². The minimum atomic E-state index is 0.500. The summed E-state index contributed by atoms with van der Waals surface area (Å²) >= 11 is 0. The summed E-state index contributed by atoms with van der Waals surface area (Å²) in [6.45, 7) is 14.3. The van der Waals surface area contributed by atoms with Gasteiger partial charge < -0.3 is 15.5 Å². The molecule has 0 aromatic carbocycles. The Morgan fingerprint density at radius 3 is 2.30 bits per heavy atom. The van der Waals surface area contributed by atoms with E-state index in [1.54, 1.807) is 0 Å². The van der Waals surface area contributed by atoms with Gasteiger partial charge in [-0.05, 0) is 39.9 Å². The molecule has 1 heterocycles. The summed E-state index contributed by atoms with van der Waals surface area (Å²) in [6.07, 6.45) is 2.99. The Kier molecular flexibility index (Phi) is 7.47. The molecule has 2 N–H and O–H groups in total. The third-order valence-electron chi connectivity index (χ3n) is 3.75. The first-order chi connectivity index (χ1) is 9.65. The number of aromatic nitrogens is 2. The van der Waals surface area contributed by atoms with Crippen LogP contribution in [0.5, 0.6) is 0 Å². The molecule has 5 nitrogen and oxygen atoms in total. The number of hydrogen-bond donors (Lipinski definition) is 1. The van der Waals surface area contributed by atoms with Crippen LogP contribution in [0.2, 0.25) is 0 Å². The molecule has 1 aromatic heterocycles. The van der Waals surface area contributed by atoms with Crippen molar-refractivity contribution in [2.24, 2.45) is 5.73 Å². The van der Waals surface area contributed by atoms with Crippen LogP contribution in [-0.4, -0.2) is 47.6 Å². The molecule has 0 aliphatic heterocycles. The van der Waals surface area contributed by atoms with Crippen LogP contribution in [0.1, 0.15) is 38.4 Å². The van der Waals surface area contributed by atoms with Crippen molar-refractivity contribution in [3.63, 3.8) is 0 Å². The normalized spacial score (nSPS) is 11.1. The number of hydrogen-bond acceptors (Lipinski definition) is 5. The van der Waals surface area contributed by atoms with Crippen molar-refractivity contribution in [1.29, 1.82) is 0 Å². The van der Waals surface area contributed by atoms with Crippen LogP contribution < -0.4 is 10.6 Å². The van der Waals surface area contributed by atoms with Crippen molar-refractivity contribution in [3.05, 3.63) is 17.5 Å². The highest BCUT2D eigenvalue weighted by atomic mass is 15.2. The Bertz CT molecular complexity index is 390. The first-order valence-corrected chi connectivity index (χ1v) is 7.66. The molecule has 1 rings (SSSR count). The smallest absolute Gasteiger partial charge is 0.225 e. The standard InChI is InChI=1S/C15H29N5/c1-5-19(6-2)9-8-10-20(7-3)15-17-12-14(11-16)13(4)18-15/h12H,5-11,16H2,1-4H3. The third-order valence-corrected chi connectivity index (χ3v) is 3.75. The summed E-state index contributed by atoms with van der Waals surface area (Å²) in [5.41, 5.74) is 7.66. The second-order valence-electron chi connectivity index (χ2n) is 4.94. The summed E-state index contributed by atoms with van der Waals surface area (Å²) in [5.74, 6) is 0.821. The Labute approximate surface area is 123 Å². The van der Waals surface area contributed by atoms with Gasteiger partial charge in [0, 0.05) is 37.1 Å². The van der Waals surface area contributed by atoms with Gasteiger partial charge in [0.05, 0.1) is 0 Å². The number of rotatable bonds is 9. The van der Waals surface area contributed by atoms with Crippen LogP contribution >= 0.6 is 0 Å². The van der Waals surface area contributed by atoms with Gasteiger partial charge in [0.15, 0.2) is 0 Å². The molecule has 0 bridgehead atoms. The Hall–Kier alpha value is -1.20. The molecule has 0 amide bonds. The summed E-state index contributed by atoms with van der Waals surface area (Å²) in [6, 6.07) is 0. The third kappa shape index (κ3) is 4.72. The molecule has 20 heavy (non-hydrogen) atoms. The summed E-state index contributed by atoms with van der Waals surface area (Å²) in [5, 5.41) is 0. The fourth-order valence-corrected chi connectivity index (χ4v) is 2.26. The number of aryl methyl sites for hydroxylation is 1. The van der Waals surface area contributed by atoms with Crippen LogP contribution in [0, 0.1) is 6.92 Å². The minimum absolute atomic E-state index is 0.500. The second kappa shape index (κ2) is 8.87. The molecule has 114 valence electrons. The minimum Gasteiger partial charge on any atom is -0.341 e. The fourth-order valence-electron chi connectivity index (χ4n) is 2.26. The maximum Gasteiger partial charge on any atom is 0.225 e. The van der Waals surface area contributed by atoms with Crippen molar-refractivity contribution < 1.29 is 0 Å². The zero-order valence-electron chi connectivity index (χ0n) is 13.4. The van der Waals surface area contributed by atoms with E-state index in [0.29, 0.717) is 6.54 Å². The van der Waals surface area contributed by atoms with Crippen molar-refractivity contribution in [2.45, 2.75) is 40.7 Å². The number of anilines is 1. The largest absolute Gasteiger partial charge is 0.341 e. The molecular formula is C15H29N5. The molecule has 0 saturated heterocycles. The van der Waals surface area contributed by atoms with E-state index in [1.165, 1.54) is 0 Å². The molecule has 0 aliphatic rings. The molecule has 0 fully saturated rings. The van der Waals surface area contributed by atoms with E-state index in [2.05, 4.69) is 40.5 Å². The Balaban J connectivity index is 2.59. The summed E-state index contributed by atoms with van der Waals surface area (Å²) < 4.78 is 0. The lowest BCUT2D eigenvalue weighted by atomic mass is 10.2. The molecule has 5 heteroatoms. The highest BCUT2D eigenvalue weighted by molar-refractivity contribution is 5.32. The van der Waals surface area contributed by atoms with Gasteiger partial charge in [0.25, 0.3) is 0 Å². The van der Waals surface area contributed by atoms with E-state index in [0.717, 1.165) is 56.4 Å². The summed E-state index contributed by atoms with van der Waals surface area (Å²) in [7, 11) is 0. The van der Waals surface area contributed by atoms with Crippen molar-refractivity contribution in [2.75, 3.05) is 37.6 Å². The van der Waals surface area contributed by atoms with Gasteiger partial charge in [0.1, 0.15) is 0 Å². The molecule has 0 radical (unpaired) electrons. The van der Waals surface area contributed by atoms with Gasteiger partial charge in [0.2, 0.25) is 5.95 Å². The van der Waals surface area contributed by atoms with Gasteiger partial charge in [-0.2, -0.15) is 0 Å². The van der Waals surface area contributed by atoms with E-state index >= 15 is 0 Å². The van der Waals surface area contributed by atoms with E-state index < -0.39 is 0 Å². The van der Waals surface area contributed by atoms with Crippen LogP contribution in [0.25, 0.3) is 0 Å². The average molecular weight is 279 g/mol. The zero-order valence-corrected chi connectivity index (χ0v) is 13.4. The monoisotopic (exact) mass is 279 g/mol. The van der Waals surface area contributed by atoms with Gasteiger partial charge in [-0.15, -0.1) is 0 Å². The van der Waals surface area contributed by atoms with Crippen LogP contribution in [0.15, 0.2) is 6.20 Å². The molecule has 0 atom stereocenters. The van der Waals surface area contributed by atoms with Crippen molar-refractivity contribution in [1.82, 2.24) is 14.9 Å². The predicted octanol–water partition coefficient (Wildman–Crippen LogP) is 1.80. The molecule has 0 saturated carbocycles. The fraction of sp³-hybridized carbons (Fsp3) is 0.733. The van der Waals surface area contributed by atoms with Gasteiger partial charge in [-0.25, -0.2) is 9.97 Å². The number of nitrogens with zero attached hydrogens (tertiary/aromatic N) is 4. The quantitative estimate of drug-likeness (QED) is 0.747. The number of nitrogens with two attached hydrogens (primary N) is 1. The topological polar surface area (TPSA) is 58.3 Å². The van der Waals surface area contributed by atoms with E-state index in [9.17, 15) is 0 Å². The van der Waals surface area contributed by atoms with Crippen molar-refractivity contribution in [3.8, 4) is 0 Å². The van der Waals surface area contributed by atoms with Crippen LogP contribution in [0.4, 0.5) is 5.95 Å². The predicted molar refractivity (Wildman–Crippen MR) is 85.0 cm³/mol. The highest BCUT2D eigenvalue weighted by Gasteiger charge is 2.10. The van der Waals surface area contributed by atoms with Crippen molar-refractivity contribution >= 4 is 5.95 Å². The van der Waals surface area contributed by atoms with Gasteiger partial charge in [-0.3, -0.25) is 0 Å². The molecular weight excluding hydrogens is 250 g/mol. The Morgan fingerprint density at radius 1 is 1.10 bits per heavy atom. The maximum absolute atomic E-state index is 5.65. The lowest BCUT2D eigenvalue weighted by Gasteiger charge is -2.24. The zero-order chi connectivity index (χ0) is 15.0. The molecule has 0 spiro atoms. The van der Waals surface area contributed by atoms with Gasteiger partial charge in [-0.1, -0.05) is 13.8 Å². The molecule has 1 aromatic rings. The maximum atomic E-state index is 5.65. The van der Waals surface area contributed by atoms with Gasteiger partial charge >= 0.3 is 0 Å². The van der Waals surface area contributed by atoms with E-state index in [-0.39, 0.29) is 0 Å². The lowest BCUT2D eigenvalue weighted by Crippen LogP contribution is -2.31. The second-order valence-corrected chi connectivity index (χ2v) is 4.94. The average Bonchev–Trinajstić information content (AvgIpc) is 2.47.